The van der Waals surface area contributed by atoms with Crippen molar-refractivity contribution >= 4 is 41.4 Å². The Balaban J connectivity index is 1.16. The molecule has 0 saturated carbocycles. The fraction of sp³-hybridized carbons (Fsp3) is 0.857. The fourth-order valence-corrected chi connectivity index (χ4v) is 6.96. The third kappa shape index (κ3) is 7.64. The van der Waals surface area contributed by atoms with Gasteiger partial charge in [-0.05, 0) is 31.9 Å². The van der Waals surface area contributed by atoms with Crippen LogP contribution in [0.15, 0.2) is 0 Å². The molecular weight excluding hydrogens is 466 g/mol. The molecule has 12 heteroatoms. The van der Waals surface area contributed by atoms with E-state index in [9.17, 15) is 24.6 Å². The van der Waals surface area contributed by atoms with Crippen molar-refractivity contribution in [1.29, 1.82) is 0 Å². The van der Waals surface area contributed by atoms with Gasteiger partial charge in [0, 0.05) is 42.1 Å². The van der Waals surface area contributed by atoms with Gasteiger partial charge in [0.2, 0.25) is 11.8 Å². The quantitative estimate of drug-likeness (QED) is 0.128. The highest BCUT2D eigenvalue weighted by molar-refractivity contribution is 8.00. The molecule has 188 valence electrons. The summed E-state index contributed by atoms with van der Waals surface area (Å²) in [6, 6.07) is 0.323. The molecule has 0 aromatic heterocycles. The van der Waals surface area contributed by atoms with Gasteiger partial charge in [-0.2, -0.15) is 23.5 Å². The Morgan fingerprint density at radius 2 is 1.79 bits per heavy atom. The number of urea groups is 1. The molecule has 3 fully saturated rings. The van der Waals surface area contributed by atoms with Crippen LogP contribution < -0.4 is 21.5 Å². The monoisotopic (exact) mass is 503 g/mol. The second-order valence-electron chi connectivity index (χ2n) is 8.92. The number of carbonyl (C=O) groups excluding carboxylic acids is 3. The Morgan fingerprint density at radius 1 is 1.09 bits per heavy atom. The zero-order valence-electron chi connectivity index (χ0n) is 19.1. The van der Waals surface area contributed by atoms with Crippen molar-refractivity contribution in [2.75, 3.05) is 18.6 Å². The molecule has 0 spiro atoms. The van der Waals surface area contributed by atoms with Crippen LogP contribution >= 0.6 is 23.5 Å². The lowest BCUT2D eigenvalue weighted by Gasteiger charge is -2.24. The molecule has 3 heterocycles. The van der Waals surface area contributed by atoms with Crippen molar-refractivity contribution in [2.45, 2.75) is 92.8 Å². The van der Waals surface area contributed by atoms with Crippen LogP contribution in [-0.2, 0) is 9.59 Å². The first-order chi connectivity index (χ1) is 15.9. The maximum Gasteiger partial charge on any atom is 0.315 e. The van der Waals surface area contributed by atoms with Crippen LogP contribution in [0.4, 0.5) is 4.79 Å². The van der Waals surface area contributed by atoms with Gasteiger partial charge in [0.25, 0.3) is 0 Å². The highest BCUT2D eigenvalue weighted by Gasteiger charge is 2.42. The molecule has 6 unspecified atom stereocenters. The number of rotatable bonds is 12. The van der Waals surface area contributed by atoms with Gasteiger partial charge in [-0.3, -0.25) is 25.3 Å². The molecule has 4 amide bonds. The van der Waals surface area contributed by atoms with Gasteiger partial charge in [-0.15, -0.1) is 0 Å². The Hall–Kier alpha value is -1.21. The fourth-order valence-electron chi connectivity index (χ4n) is 4.65. The van der Waals surface area contributed by atoms with Crippen molar-refractivity contribution in [1.82, 2.24) is 26.4 Å². The van der Waals surface area contributed by atoms with Crippen LogP contribution in [0.5, 0.6) is 0 Å². The number of aliphatic hydroxyl groups excluding tert-OH is 2. The summed E-state index contributed by atoms with van der Waals surface area (Å²) in [6.45, 7) is 0.599. The minimum Gasteiger partial charge on any atom is -0.378 e. The van der Waals surface area contributed by atoms with E-state index in [1.165, 1.54) is 0 Å². The summed E-state index contributed by atoms with van der Waals surface area (Å²) in [7, 11) is 0. The van der Waals surface area contributed by atoms with Crippen molar-refractivity contribution in [3.05, 3.63) is 0 Å². The molecule has 6 N–H and O–H groups in total. The maximum atomic E-state index is 12.0. The zero-order chi connectivity index (χ0) is 23.8. The minimum atomic E-state index is -0.622. The SMILES string of the molecule is CSC1CC(O)N(CCCCCC(=O)NNC(=O)CCCCC2SCC3NC(=O)NC32)C1O. The zero-order valence-corrected chi connectivity index (χ0v) is 20.8. The van der Waals surface area contributed by atoms with Gasteiger partial charge in [0.15, 0.2) is 0 Å². The summed E-state index contributed by atoms with van der Waals surface area (Å²) in [5.41, 5.74) is 4.94. The molecule has 0 aromatic carbocycles. The van der Waals surface area contributed by atoms with Crippen molar-refractivity contribution in [3.63, 3.8) is 0 Å². The summed E-state index contributed by atoms with van der Waals surface area (Å²) in [4.78, 5) is 37.0. The van der Waals surface area contributed by atoms with Crippen molar-refractivity contribution in [3.8, 4) is 0 Å². The molecule has 0 bridgehead atoms. The molecular formula is C21H37N5O5S2. The summed E-state index contributed by atoms with van der Waals surface area (Å²) in [6.07, 6.45) is 6.81. The summed E-state index contributed by atoms with van der Waals surface area (Å²) in [5, 5.41) is 26.5. The second-order valence-corrected chi connectivity index (χ2v) is 11.3. The Bertz CT molecular complexity index is 687. The number of carbonyl (C=O) groups is 3. The molecule has 0 radical (unpaired) electrons. The molecule has 0 aromatic rings. The van der Waals surface area contributed by atoms with Crippen LogP contribution in [0.1, 0.15) is 57.8 Å². The summed E-state index contributed by atoms with van der Waals surface area (Å²) >= 11 is 3.43. The van der Waals surface area contributed by atoms with E-state index in [1.54, 1.807) is 16.7 Å². The van der Waals surface area contributed by atoms with Gasteiger partial charge in [-0.25, -0.2) is 4.79 Å². The number of thioether (sulfide) groups is 2. The van der Waals surface area contributed by atoms with Crippen LogP contribution in [0.3, 0.4) is 0 Å². The minimum absolute atomic E-state index is 0.0376. The first-order valence-corrected chi connectivity index (χ1v) is 14.1. The first-order valence-electron chi connectivity index (χ1n) is 11.8. The molecule has 10 nitrogen and oxygen atoms in total. The van der Waals surface area contributed by atoms with Crippen LogP contribution in [0.25, 0.3) is 0 Å². The molecule has 3 rings (SSSR count). The highest BCUT2D eigenvalue weighted by Crippen LogP contribution is 2.33. The van der Waals surface area contributed by atoms with E-state index >= 15 is 0 Å². The standard InChI is InChI=1S/C21H37N5O5S2/c1-32-15-11-18(29)26(20(15)30)10-6-2-3-8-16(27)24-25-17(28)9-5-4-7-14-19-13(12-33-14)22-21(31)23-19/h13-15,18-20,29-30H,2-12H2,1H3,(H,24,27)(H,25,28)(H2,22,23,31). The summed E-state index contributed by atoms with van der Waals surface area (Å²) < 4.78 is 0. The van der Waals surface area contributed by atoms with Gasteiger partial charge in [0.1, 0.15) is 12.5 Å². The Kier molecular flexibility index (Phi) is 10.4. The lowest BCUT2D eigenvalue weighted by atomic mass is 10.0. The maximum absolute atomic E-state index is 12.0. The predicted octanol–water partition coefficient (Wildman–Crippen LogP) is 0.494. The number of amides is 4. The number of aliphatic hydroxyl groups is 2. The van der Waals surface area contributed by atoms with E-state index in [4.69, 9.17) is 0 Å². The average molecular weight is 504 g/mol. The predicted molar refractivity (Wildman–Crippen MR) is 129 cm³/mol. The third-order valence-electron chi connectivity index (χ3n) is 6.54. The van der Waals surface area contributed by atoms with E-state index in [-0.39, 0.29) is 35.2 Å². The average Bonchev–Trinajstić information content (AvgIpc) is 3.42. The van der Waals surface area contributed by atoms with E-state index in [1.807, 2.05) is 18.0 Å². The van der Waals surface area contributed by atoms with Gasteiger partial charge in [0.05, 0.1) is 12.1 Å². The second kappa shape index (κ2) is 13.0. The number of fused-ring (bicyclic) bond motifs is 1. The Morgan fingerprint density at radius 3 is 2.45 bits per heavy atom. The number of hydrogen-bond donors (Lipinski definition) is 6. The lowest BCUT2D eigenvalue weighted by molar-refractivity contribution is -0.129. The first kappa shape index (κ1) is 26.4. The molecule has 0 aliphatic carbocycles. The van der Waals surface area contributed by atoms with E-state index in [0.29, 0.717) is 37.5 Å². The number of nitrogens with zero attached hydrogens (tertiary/aromatic N) is 1. The smallest absolute Gasteiger partial charge is 0.315 e. The highest BCUT2D eigenvalue weighted by atomic mass is 32.2. The van der Waals surface area contributed by atoms with Crippen molar-refractivity contribution < 1.29 is 24.6 Å². The van der Waals surface area contributed by atoms with Gasteiger partial charge >= 0.3 is 6.03 Å². The van der Waals surface area contributed by atoms with E-state index < -0.39 is 12.5 Å². The summed E-state index contributed by atoms with van der Waals surface area (Å²) in [5.74, 6) is 0.516. The largest absolute Gasteiger partial charge is 0.378 e. The molecule has 3 aliphatic heterocycles. The van der Waals surface area contributed by atoms with Crippen LogP contribution in [0, 0.1) is 0 Å². The van der Waals surface area contributed by atoms with E-state index in [2.05, 4.69) is 21.5 Å². The lowest BCUT2D eigenvalue weighted by Crippen LogP contribution is -2.41. The number of hydrogen-bond acceptors (Lipinski definition) is 8. The number of unbranched alkanes of at least 4 members (excludes halogenated alkanes) is 3. The number of likely N-dealkylation sites (tertiary alicyclic amines) is 1. The van der Waals surface area contributed by atoms with Crippen LogP contribution in [0.2, 0.25) is 0 Å². The van der Waals surface area contributed by atoms with Gasteiger partial charge < -0.3 is 20.8 Å². The molecule has 33 heavy (non-hydrogen) atoms. The number of nitrogens with one attached hydrogen (secondary N) is 4. The van der Waals surface area contributed by atoms with Crippen molar-refractivity contribution in [2.24, 2.45) is 0 Å². The van der Waals surface area contributed by atoms with Crippen LogP contribution in [-0.4, -0.2) is 86.6 Å². The third-order valence-corrected chi connectivity index (χ3v) is 9.09. The Labute approximate surface area is 203 Å². The topological polar surface area (TPSA) is 143 Å². The van der Waals surface area contributed by atoms with E-state index in [0.717, 1.165) is 37.9 Å². The molecule has 3 aliphatic rings. The molecule has 3 saturated heterocycles. The van der Waals surface area contributed by atoms with Gasteiger partial charge in [-0.1, -0.05) is 12.8 Å². The molecule has 6 atom stereocenters. The normalized spacial score (nSPS) is 31.2. The number of hydrazine groups is 1.